The van der Waals surface area contributed by atoms with Crippen LogP contribution in [0, 0.1) is 0 Å². The molecule has 0 saturated heterocycles. The predicted molar refractivity (Wildman–Crippen MR) is 56.3 cm³/mol. The van der Waals surface area contributed by atoms with Crippen molar-refractivity contribution in [2.45, 2.75) is 19.8 Å². The zero-order valence-electron chi connectivity index (χ0n) is 8.70. The van der Waals surface area contributed by atoms with Crippen molar-refractivity contribution in [2.75, 3.05) is 6.79 Å². The van der Waals surface area contributed by atoms with Gasteiger partial charge in [0.1, 0.15) is 5.82 Å². The number of nitrogens with one attached hydrogen (secondary N) is 1. The van der Waals surface area contributed by atoms with Gasteiger partial charge in [0.25, 0.3) is 0 Å². The van der Waals surface area contributed by atoms with Gasteiger partial charge in [0, 0.05) is 18.1 Å². The molecular weight excluding hydrogens is 192 g/mol. The van der Waals surface area contributed by atoms with Gasteiger partial charge < -0.3 is 14.5 Å². The normalized spacial score (nSPS) is 14.1. The lowest BCUT2D eigenvalue weighted by Crippen LogP contribution is -1.93. The minimum absolute atomic E-state index is 0.305. The van der Waals surface area contributed by atoms with Gasteiger partial charge in [-0.15, -0.1) is 0 Å². The van der Waals surface area contributed by atoms with Crippen LogP contribution in [0.4, 0.5) is 0 Å². The van der Waals surface area contributed by atoms with E-state index in [2.05, 4.69) is 23.8 Å². The van der Waals surface area contributed by atoms with Gasteiger partial charge >= 0.3 is 0 Å². The minimum atomic E-state index is 0.305. The van der Waals surface area contributed by atoms with Crippen molar-refractivity contribution in [3.05, 3.63) is 18.0 Å². The highest BCUT2D eigenvalue weighted by Crippen LogP contribution is 2.35. The molecule has 0 spiro atoms. The SMILES string of the molecule is CC(C)c1nc2cc3c(cc2[nH]1)OCO3. The molecule has 1 aliphatic heterocycles. The Hall–Kier alpha value is -1.71. The molecule has 4 heteroatoms. The van der Waals surface area contributed by atoms with E-state index < -0.39 is 0 Å². The van der Waals surface area contributed by atoms with Gasteiger partial charge in [-0.2, -0.15) is 0 Å². The molecule has 2 aromatic rings. The minimum Gasteiger partial charge on any atom is -0.454 e. The third-order valence-electron chi connectivity index (χ3n) is 2.54. The van der Waals surface area contributed by atoms with E-state index in [4.69, 9.17) is 9.47 Å². The van der Waals surface area contributed by atoms with E-state index in [1.165, 1.54) is 0 Å². The second kappa shape index (κ2) is 2.89. The van der Waals surface area contributed by atoms with Gasteiger partial charge in [-0.3, -0.25) is 0 Å². The average molecular weight is 204 g/mol. The third-order valence-corrected chi connectivity index (χ3v) is 2.54. The number of nitrogens with zero attached hydrogens (tertiary/aromatic N) is 1. The Kier molecular flexibility index (Phi) is 1.65. The number of H-pyrrole nitrogens is 1. The molecule has 1 aromatic heterocycles. The first-order chi connectivity index (χ1) is 7.24. The summed E-state index contributed by atoms with van der Waals surface area (Å²) in [5.74, 6) is 2.97. The maximum atomic E-state index is 5.31. The fourth-order valence-electron chi connectivity index (χ4n) is 1.69. The molecule has 0 aliphatic carbocycles. The molecular formula is C11H12N2O2. The summed E-state index contributed by atoms with van der Waals surface area (Å²) < 4.78 is 10.6. The first kappa shape index (κ1) is 8.59. The van der Waals surface area contributed by atoms with Gasteiger partial charge in [0.05, 0.1) is 11.0 Å². The molecule has 0 bridgehead atoms. The Morgan fingerprint density at radius 3 is 2.73 bits per heavy atom. The highest BCUT2D eigenvalue weighted by molar-refractivity contribution is 5.80. The van der Waals surface area contributed by atoms with Crippen LogP contribution in [0.15, 0.2) is 12.1 Å². The van der Waals surface area contributed by atoms with Crippen LogP contribution in [0.2, 0.25) is 0 Å². The molecule has 0 saturated carbocycles. The number of hydrogen-bond acceptors (Lipinski definition) is 3. The molecule has 0 unspecified atom stereocenters. The van der Waals surface area contributed by atoms with Crippen LogP contribution in [0.5, 0.6) is 11.5 Å². The third kappa shape index (κ3) is 1.25. The van der Waals surface area contributed by atoms with E-state index in [0.29, 0.717) is 12.7 Å². The second-order valence-electron chi connectivity index (χ2n) is 4.00. The number of fused-ring (bicyclic) bond motifs is 2. The summed E-state index contributed by atoms with van der Waals surface area (Å²) in [4.78, 5) is 7.78. The van der Waals surface area contributed by atoms with Crippen molar-refractivity contribution in [1.29, 1.82) is 0 Å². The molecule has 0 fully saturated rings. The highest BCUT2D eigenvalue weighted by Gasteiger charge is 2.16. The summed E-state index contributed by atoms with van der Waals surface area (Å²) in [6.45, 7) is 4.52. The van der Waals surface area contributed by atoms with E-state index in [-0.39, 0.29) is 0 Å². The molecule has 78 valence electrons. The molecule has 3 rings (SSSR count). The molecule has 0 atom stereocenters. The molecule has 15 heavy (non-hydrogen) atoms. The maximum absolute atomic E-state index is 5.31. The van der Waals surface area contributed by atoms with Crippen LogP contribution in [-0.4, -0.2) is 16.8 Å². The Morgan fingerprint density at radius 1 is 1.27 bits per heavy atom. The number of hydrogen-bond donors (Lipinski definition) is 1. The lowest BCUT2D eigenvalue weighted by molar-refractivity contribution is 0.174. The molecule has 1 aromatic carbocycles. The topological polar surface area (TPSA) is 47.1 Å². The van der Waals surface area contributed by atoms with Crippen LogP contribution >= 0.6 is 0 Å². The number of aromatic amines is 1. The summed E-state index contributed by atoms with van der Waals surface area (Å²) in [5, 5.41) is 0. The summed E-state index contributed by atoms with van der Waals surface area (Å²) >= 11 is 0. The first-order valence-corrected chi connectivity index (χ1v) is 5.03. The molecule has 1 aliphatic rings. The van der Waals surface area contributed by atoms with Crippen molar-refractivity contribution in [2.24, 2.45) is 0 Å². The summed E-state index contributed by atoms with van der Waals surface area (Å²) in [7, 11) is 0. The Bertz CT molecular complexity index is 476. The summed E-state index contributed by atoms with van der Waals surface area (Å²) in [5.41, 5.74) is 1.94. The van der Waals surface area contributed by atoms with Crippen LogP contribution in [-0.2, 0) is 0 Å². The van der Waals surface area contributed by atoms with Crippen molar-refractivity contribution in [1.82, 2.24) is 9.97 Å². The quantitative estimate of drug-likeness (QED) is 0.775. The number of rotatable bonds is 1. The van der Waals surface area contributed by atoms with Crippen molar-refractivity contribution < 1.29 is 9.47 Å². The molecule has 2 heterocycles. The number of imidazole rings is 1. The van der Waals surface area contributed by atoms with Gasteiger partial charge in [-0.1, -0.05) is 13.8 Å². The summed E-state index contributed by atoms with van der Waals surface area (Å²) in [6.07, 6.45) is 0. The van der Waals surface area contributed by atoms with Crippen molar-refractivity contribution in [3.8, 4) is 11.5 Å². The molecule has 0 amide bonds. The van der Waals surface area contributed by atoms with E-state index in [0.717, 1.165) is 28.4 Å². The van der Waals surface area contributed by atoms with Gasteiger partial charge in [0.2, 0.25) is 6.79 Å². The van der Waals surface area contributed by atoms with Gasteiger partial charge in [-0.25, -0.2) is 4.98 Å². The number of ether oxygens (including phenoxy) is 2. The predicted octanol–water partition coefficient (Wildman–Crippen LogP) is 2.42. The Balaban J connectivity index is 2.20. The monoisotopic (exact) mass is 204 g/mol. The zero-order chi connectivity index (χ0) is 10.4. The van der Waals surface area contributed by atoms with Crippen LogP contribution in [0.3, 0.4) is 0 Å². The molecule has 0 radical (unpaired) electrons. The van der Waals surface area contributed by atoms with E-state index in [1.54, 1.807) is 0 Å². The van der Waals surface area contributed by atoms with Crippen molar-refractivity contribution >= 4 is 11.0 Å². The second-order valence-corrected chi connectivity index (χ2v) is 4.00. The van der Waals surface area contributed by atoms with Crippen LogP contribution < -0.4 is 9.47 Å². The van der Waals surface area contributed by atoms with Gasteiger partial charge in [0.15, 0.2) is 11.5 Å². The number of aromatic nitrogens is 2. The fraction of sp³-hybridized carbons (Fsp3) is 0.364. The van der Waals surface area contributed by atoms with Gasteiger partial charge in [-0.05, 0) is 0 Å². The van der Waals surface area contributed by atoms with Crippen LogP contribution in [0.1, 0.15) is 25.6 Å². The standard InChI is InChI=1S/C11H12N2O2/c1-6(2)11-12-7-3-9-10(15-5-14-9)4-8(7)13-11/h3-4,6H,5H2,1-2H3,(H,12,13). The lowest BCUT2D eigenvalue weighted by atomic mass is 10.2. The lowest BCUT2D eigenvalue weighted by Gasteiger charge is -1.95. The first-order valence-electron chi connectivity index (χ1n) is 5.03. The molecule has 4 nitrogen and oxygen atoms in total. The molecule has 1 N–H and O–H groups in total. The maximum Gasteiger partial charge on any atom is 0.231 e. The van der Waals surface area contributed by atoms with E-state index >= 15 is 0 Å². The van der Waals surface area contributed by atoms with Crippen molar-refractivity contribution in [3.63, 3.8) is 0 Å². The average Bonchev–Trinajstić information content (AvgIpc) is 2.77. The highest BCUT2D eigenvalue weighted by atomic mass is 16.7. The van der Waals surface area contributed by atoms with E-state index in [1.807, 2.05) is 12.1 Å². The van der Waals surface area contributed by atoms with Crippen LogP contribution in [0.25, 0.3) is 11.0 Å². The number of benzene rings is 1. The fourth-order valence-corrected chi connectivity index (χ4v) is 1.69. The Labute approximate surface area is 87.2 Å². The summed E-state index contributed by atoms with van der Waals surface area (Å²) in [6, 6.07) is 3.86. The van der Waals surface area contributed by atoms with E-state index in [9.17, 15) is 0 Å². The zero-order valence-corrected chi connectivity index (χ0v) is 8.70. The smallest absolute Gasteiger partial charge is 0.231 e. The largest absolute Gasteiger partial charge is 0.454 e. The Morgan fingerprint density at radius 2 is 2.00 bits per heavy atom.